The number of nitrogens with zero attached hydrogens (tertiary/aromatic N) is 1. The normalized spacial score (nSPS) is 42.1. The quantitative estimate of drug-likeness (QED) is 0.590. The van der Waals surface area contributed by atoms with Crippen LogP contribution in [0, 0.1) is 5.92 Å². The van der Waals surface area contributed by atoms with Crippen LogP contribution in [0.1, 0.15) is 19.3 Å². The smallest absolute Gasteiger partial charge is 0.224 e. The number of amides is 1. The fraction of sp³-hybridized carbons (Fsp3) is 0.900. The second kappa shape index (κ2) is 2.94. The zero-order valence-electron chi connectivity index (χ0n) is 8.29. The minimum Gasteiger partial charge on any atom is -0.353 e. The van der Waals surface area contributed by atoms with Crippen LogP contribution in [0.15, 0.2) is 0 Å². The summed E-state index contributed by atoms with van der Waals surface area (Å²) in [5.41, 5.74) is -0.222. The van der Waals surface area contributed by atoms with Crippen LogP contribution in [0.3, 0.4) is 0 Å². The summed E-state index contributed by atoms with van der Waals surface area (Å²) in [6, 6.07) is 0. The summed E-state index contributed by atoms with van der Waals surface area (Å²) in [6.07, 6.45) is 2.66. The van der Waals surface area contributed by atoms with E-state index in [1.165, 1.54) is 0 Å². The van der Waals surface area contributed by atoms with Gasteiger partial charge in [0.05, 0.1) is 6.61 Å². The van der Waals surface area contributed by atoms with E-state index in [0.29, 0.717) is 18.2 Å². The molecular formula is C10H16N2O2. The molecule has 4 heteroatoms. The van der Waals surface area contributed by atoms with Crippen molar-refractivity contribution in [3.63, 3.8) is 0 Å². The van der Waals surface area contributed by atoms with Crippen LogP contribution in [-0.4, -0.2) is 42.8 Å². The van der Waals surface area contributed by atoms with Crippen LogP contribution < -0.4 is 5.32 Å². The molecule has 1 N–H and O–H groups in total. The Kier molecular flexibility index (Phi) is 1.82. The standard InChI is InChI=1S/C10H16N2O2/c13-9-2-1-8-7-11-4-3-10(8)12(9)5-6-14-10/h8,11H,1-7H2. The number of hydrogen-bond donors (Lipinski definition) is 1. The van der Waals surface area contributed by atoms with Gasteiger partial charge in [-0.25, -0.2) is 0 Å². The first-order chi connectivity index (χ1) is 6.83. The van der Waals surface area contributed by atoms with Gasteiger partial charge in [0.2, 0.25) is 5.91 Å². The minimum absolute atomic E-state index is 0.222. The molecule has 4 nitrogen and oxygen atoms in total. The van der Waals surface area contributed by atoms with Crippen LogP contribution in [0.25, 0.3) is 0 Å². The highest BCUT2D eigenvalue weighted by molar-refractivity contribution is 5.78. The third-order valence-electron chi connectivity index (χ3n) is 3.82. The van der Waals surface area contributed by atoms with E-state index in [0.717, 1.165) is 39.1 Å². The summed E-state index contributed by atoms with van der Waals surface area (Å²) < 4.78 is 5.88. The van der Waals surface area contributed by atoms with Gasteiger partial charge < -0.3 is 15.0 Å². The van der Waals surface area contributed by atoms with Gasteiger partial charge >= 0.3 is 0 Å². The van der Waals surface area contributed by atoms with Crippen molar-refractivity contribution in [3.05, 3.63) is 0 Å². The maximum absolute atomic E-state index is 11.8. The number of carbonyl (C=O) groups is 1. The highest BCUT2D eigenvalue weighted by Gasteiger charge is 2.53. The second-order valence-corrected chi connectivity index (χ2v) is 4.43. The van der Waals surface area contributed by atoms with Gasteiger partial charge in [0.1, 0.15) is 5.72 Å². The summed E-state index contributed by atoms with van der Waals surface area (Å²) in [5.74, 6) is 0.803. The van der Waals surface area contributed by atoms with Gasteiger partial charge in [0.15, 0.2) is 0 Å². The van der Waals surface area contributed by atoms with Crippen molar-refractivity contribution >= 4 is 5.91 Å². The number of rotatable bonds is 0. The van der Waals surface area contributed by atoms with E-state index in [1.54, 1.807) is 0 Å². The number of ether oxygens (including phenoxy) is 1. The van der Waals surface area contributed by atoms with Crippen molar-refractivity contribution in [2.75, 3.05) is 26.2 Å². The van der Waals surface area contributed by atoms with Gasteiger partial charge in [0.25, 0.3) is 0 Å². The van der Waals surface area contributed by atoms with E-state index in [9.17, 15) is 4.79 Å². The van der Waals surface area contributed by atoms with E-state index in [1.807, 2.05) is 4.90 Å². The molecular weight excluding hydrogens is 180 g/mol. The summed E-state index contributed by atoms with van der Waals surface area (Å²) in [5, 5.41) is 3.39. The molecule has 1 amide bonds. The first-order valence-corrected chi connectivity index (χ1v) is 5.48. The topological polar surface area (TPSA) is 41.6 Å². The third-order valence-corrected chi connectivity index (χ3v) is 3.82. The summed E-state index contributed by atoms with van der Waals surface area (Å²) in [4.78, 5) is 13.7. The lowest BCUT2D eigenvalue weighted by molar-refractivity contribution is -0.179. The largest absolute Gasteiger partial charge is 0.353 e. The molecule has 0 aliphatic carbocycles. The van der Waals surface area contributed by atoms with Crippen LogP contribution >= 0.6 is 0 Å². The Balaban J connectivity index is 1.95. The van der Waals surface area contributed by atoms with Crippen LogP contribution in [0.5, 0.6) is 0 Å². The van der Waals surface area contributed by atoms with Crippen LogP contribution in [0.2, 0.25) is 0 Å². The number of hydrogen-bond acceptors (Lipinski definition) is 3. The predicted molar refractivity (Wildman–Crippen MR) is 50.6 cm³/mol. The molecule has 14 heavy (non-hydrogen) atoms. The van der Waals surface area contributed by atoms with E-state index in [2.05, 4.69) is 5.32 Å². The van der Waals surface area contributed by atoms with Gasteiger partial charge in [-0.1, -0.05) is 0 Å². The number of carbonyl (C=O) groups excluding carboxylic acids is 1. The van der Waals surface area contributed by atoms with E-state index in [4.69, 9.17) is 4.74 Å². The molecule has 78 valence electrons. The number of nitrogens with one attached hydrogen (secondary N) is 1. The Morgan fingerprint density at radius 2 is 2.50 bits per heavy atom. The first-order valence-electron chi connectivity index (χ1n) is 5.48. The molecule has 0 radical (unpaired) electrons. The second-order valence-electron chi connectivity index (χ2n) is 4.43. The fourth-order valence-electron chi connectivity index (χ4n) is 3.13. The monoisotopic (exact) mass is 196 g/mol. The molecule has 1 spiro atoms. The van der Waals surface area contributed by atoms with Crippen molar-refractivity contribution in [3.8, 4) is 0 Å². The van der Waals surface area contributed by atoms with Crippen molar-refractivity contribution in [1.29, 1.82) is 0 Å². The Labute approximate surface area is 83.6 Å². The molecule has 3 fully saturated rings. The molecule has 0 aromatic carbocycles. The average Bonchev–Trinajstić information content (AvgIpc) is 2.62. The molecule has 0 bridgehead atoms. The summed E-state index contributed by atoms with van der Waals surface area (Å²) in [6.45, 7) is 3.50. The number of piperidine rings is 2. The average molecular weight is 196 g/mol. The zero-order chi connectivity index (χ0) is 9.60. The Morgan fingerprint density at radius 1 is 1.57 bits per heavy atom. The maximum Gasteiger partial charge on any atom is 0.224 e. The highest BCUT2D eigenvalue weighted by Crippen LogP contribution is 2.42. The predicted octanol–water partition coefficient (Wildman–Crippen LogP) is -0.0552. The lowest BCUT2D eigenvalue weighted by Gasteiger charge is -2.49. The molecule has 0 saturated carbocycles. The fourth-order valence-corrected chi connectivity index (χ4v) is 3.13. The van der Waals surface area contributed by atoms with Gasteiger partial charge in [-0.05, 0) is 13.0 Å². The third kappa shape index (κ3) is 0.982. The van der Waals surface area contributed by atoms with Crippen molar-refractivity contribution in [2.45, 2.75) is 25.0 Å². The zero-order valence-corrected chi connectivity index (χ0v) is 8.29. The Morgan fingerprint density at radius 3 is 3.43 bits per heavy atom. The van der Waals surface area contributed by atoms with E-state index >= 15 is 0 Å². The molecule has 3 heterocycles. The van der Waals surface area contributed by atoms with Gasteiger partial charge in [-0.2, -0.15) is 0 Å². The van der Waals surface area contributed by atoms with Gasteiger partial charge in [-0.3, -0.25) is 4.79 Å². The van der Waals surface area contributed by atoms with Crippen LogP contribution in [0.4, 0.5) is 0 Å². The minimum atomic E-state index is -0.222. The van der Waals surface area contributed by atoms with Crippen molar-refractivity contribution in [1.82, 2.24) is 10.2 Å². The molecule has 2 unspecified atom stereocenters. The lowest BCUT2D eigenvalue weighted by atomic mass is 9.81. The molecule has 0 aromatic rings. The van der Waals surface area contributed by atoms with E-state index < -0.39 is 0 Å². The SMILES string of the molecule is O=C1CCC2CNCCC23OCCN13. The lowest BCUT2D eigenvalue weighted by Crippen LogP contribution is -2.62. The Hall–Kier alpha value is -0.610. The summed E-state index contributed by atoms with van der Waals surface area (Å²) >= 11 is 0. The molecule has 3 saturated heterocycles. The molecule has 3 rings (SSSR count). The molecule has 2 atom stereocenters. The maximum atomic E-state index is 11.8. The highest BCUT2D eigenvalue weighted by atomic mass is 16.5. The van der Waals surface area contributed by atoms with Crippen LogP contribution in [-0.2, 0) is 9.53 Å². The van der Waals surface area contributed by atoms with Gasteiger partial charge in [-0.15, -0.1) is 0 Å². The van der Waals surface area contributed by atoms with Crippen molar-refractivity contribution < 1.29 is 9.53 Å². The van der Waals surface area contributed by atoms with E-state index in [-0.39, 0.29) is 5.72 Å². The van der Waals surface area contributed by atoms with Gasteiger partial charge in [0, 0.05) is 31.8 Å². The molecule has 0 aromatic heterocycles. The molecule has 3 aliphatic rings. The first kappa shape index (κ1) is 8.68. The Bertz CT molecular complexity index is 269. The summed E-state index contributed by atoms with van der Waals surface area (Å²) in [7, 11) is 0. The van der Waals surface area contributed by atoms with Crippen molar-refractivity contribution in [2.24, 2.45) is 5.92 Å². The molecule has 3 aliphatic heterocycles.